The zero-order valence-corrected chi connectivity index (χ0v) is 17.2. The molecule has 2 unspecified atom stereocenters. The molecule has 0 N–H and O–H groups in total. The Morgan fingerprint density at radius 3 is 2.58 bits per heavy atom. The largest absolute Gasteiger partial charge is 0.497 e. The van der Waals surface area contributed by atoms with E-state index in [1.165, 1.54) is 7.11 Å². The SMILES string of the molecule is COc1cc(C2=CC3CCCC(C2)N3C(=O)OCc2ccccc2)cc(C(F)(F)F)c1. The molecule has 0 spiro atoms. The smallest absolute Gasteiger partial charge is 0.416 e. The highest BCUT2D eigenvalue weighted by Gasteiger charge is 2.39. The van der Waals surface area contributed by atoms with Gasteiger partial charge in [-0.2, -0.15) is 13.2 Å². The molecule has 164 valence electrons. The number of alkyl halides is 3. The van der Waals surface area contributed by atoms with E-state index in [1.54, 1.807) is 11.0 Å². The van der Waals surface area contributed by atoms with Crippen LogP contribution < -0.4 is 4.74 Å². The van der Waals surface area contributed by atoms with Gasteiger partial charge in [-0.1, -0.05) is 36.4 Å². The van der Waals surface area contributed by atoms with Gasteiger partial charge in [0.1, 0.15) is 12.4 Å². The molecule has 0 aromatic heterocycles. The van der Waals surface area contributed by atoms with Gasteiger partial charge in [-0.25, -0.2) is 4.79 Å². The number of carbonyl (C=O) groups is 1. The number of amides is 1. The molecule has 2 heterocycles. The number of piperidine rings is 1. The van der Waals surface area contributed by atoms with Gasteiger partial charge in [0.15, 0.2) is 0 Å². The van der Waals surface area contributed by atoms with Crippen LogP contribution in [0.5, 0.6) is 5.75 Å². The Morgan fingerprint density at radius 1 is 1.13 bits per heavy atom. The summed E-state index contributed by atoms with van der Waals surface area (Å²) in [4.78, 5) is 14.6. The Morgan fingerprint density at radius 2 is 1.90 bits per heavy atom. The Balaban J connectivity index is 1.57. The molecule has 0 saturated carbocycles. The average molecular weight is 431 g/mol. The van der Waals surface area contributed by atoms with Gasteiger partial charge in [-0.3, -0.25) is 4.90 Å². The zero-order valence-electron chi connectivity index (χ0n) is 17.2. The molecule has 2 aliphatic heterocycles. The van der Waals surface area contributed by atoms with Crippen LogP contribution in [0.3, 0.4) is 0 Å². The summed E-state index contributed by atoms with van der Waals surface area (Å²) >= 11 is 0. The molecule has 1 fully saturated rings. The number of nitrogens with zero attached hydrogens (tertiary/aromatic N) is 1. The van der Waals surface area contributed by atoms with Gasteiger partial charge in [0.05, 0.1) is 18.7 Å². The van der Waals surface area contributed by atoms with Crippen LogP contribution in [0.15, 0.2) is 54.6 Å². The molecule has 0 radical (unpaired) electrons. The number of benzene rings is 2. The second-order valence-electron chi connectivity index (χ2n) is 7.94. The van der Waals surface area contributed by atoms with E-state index in [-0.39, 0.29) is 30.5 Å². The van der Waals surface area contributed by atoms with E-state index >= 15 is 0 Å². The first kappa shape index (κ1) is 21.3. The van der Waals surface area contributed by atoms with Crippen molar-refractivity contribution in [2.45, 2.75) is 50.6 Å². The molecule has 2 aliphatic rings. The normalized spacial score (nSPS) is 20.8. The fraction of sp³-hybridized carbons (Fsp3) is 0.375. The van der Waals surface area contributed by atoms with Crippen LogP contribution in [-0.4, -0.2) is 30.2 Å². The number of methoxy groups -OCH3 is 1. The quantitative estimate of drug-likeness (QED) is 0.591. The molecule has 0 aliphatic carbocycles. The summed E-state index contributed by atoms with van der Waals surface area (Å²) in [6, 6.07) is 13.0. The number of carbonyl (C=O) groups excluding carboxylic acids is 1. The van der Waals surface area contributed by atoms with Gasteiger partial charge in [0.25, 0.3) is 0 Å². The van der Waals surface area contributed by atoms with E-state index in [0.29, 0.717) is 12.0 Å². The van der Waals surface area contributed by atoms with Crippen LogP contribution in [0.2, 0.25) is 0 Å². The lowest BCUT2D eigenvalue weighted by Gasteiger charge is -2.44. The molecule has 4 nitrogen and oxygen atoms in total. The molecule has 31 heavy (non-hydrogen) atoms. The molecule has 1 amide bonds. The average Bonchev–Trinajstić information content (AvgIpc) is 2.76. The Bertz CT molecular complexity index is 972. The maximum absolute atomic E-state index is 13.3. The molecular weight excluding hydrogens is 407 g/mol. The predicted octanol–water partition coefficient (Wildman–Crippen LogP) is 6.06. The Hall–Kier alpha value is -2.96. The van der Waals surface area contributed by atoms with Crippen LogP contribution >= 0.6 is 0 Å². The summed E-state index contributed by atoms with van der Waals surface area (Å²) in [7, 11) is 1.35. The van der Waals surface area contributed by atoms with Crippen LogP contribution in [0, 0.1) is 0 Å². The molecule has 2 atom stereocenters. The van der Waals surface area contributed by atoms with Gasteiger partial charge >= 0.3 is 12.3 Å². The first-order chi connectivity index (χ1) is 14.8. The van der Waals surface area contributed by atoms with Crippen molar-refractivity contribution < 1.29 is 27.4 Å². The van der Waals surface area contributed by atoms with Crippen LogP contribution in [-0.2, 0) is 17.5 Å². The van der Waals surface area contributed by atoms with Crippen molar-refractivity contribution in [2.24, 2.45) is 0 Å². The lowest BCUT2D eigenvalue weighted by molar-refractivity contribution is -0.137. The third-order valence-electron chi connectivity index (χ3n) is 5.89. The van der Waals surface area contributed by atoms with Crippen molar-refractivity contribution in [3.8, 4) is 5.75 Å². The third-order valence-corrected chi connectivity index (χ3v) is 5.89. The second kappa shape index (κ2) is 8.65. The van der Waals surface area contributed by atoms with Gasteiger partial charge < -0.3 is 9.47 Å². The van der Waals surface area contributed by atoms with E-state index in [1.807, 2.05) is 36.4 Å². The lowest BCUT2D eigenvalue weighted by Crippen LogP contribution is -2.51. The van der Waals surface area contributed by atoms with E-state index < -0.39 is 11.7 Å². The monoisotopic (exact) mass is 431 g/mol. The highest BCUT2D eigenvalue weighted by Crippen LogP contribution is 2.40. The fourth-order valence-corrected chi connectivity index (χ4v) is 4.39. The van der Waals surface area contributed by atoms with Crippen molar-refractivity contribution in [3.05, 3.63) is 71.3 Å². The minimum absolute atomic E-state index is 0.0949. The van der Waals surface area contributed by atoms with E-state index in [0.717, 1.165) is 42.5 Å². The summed E-state index contributed by atoms with van der Waals surface area (Å²) in [6.07, 6.45) is 0.0849. The number of halogens is 3. The van der Waals surface area contributed by atoms with Crippen LogP contribution in [0.25, 0.3) is 5.57 Å². The van der Waals surface area contributed by atoms with Crippen molar-refractivity contribution in [3.63, 3.8) is 0 Å². The second-order valence-corrected chi connectivity index (χ2v) is 7.94. The first-order valence-corrected chi connectivity index (χ1v) is 10.3. The van der Waals surface area contributed by atoms with Crippen LogP contribution in [0.4, 0.5) is 18.0 Å². The van der Waals surface area contributed by atoms with Crippen molar-refractivity contribution in [1.29, 1.82) is 0 Å². The van der Waals surface area contributed by atoms with Gasteiger partial charge in [0, 0.05) is 6.04 Å². The lowest BCUT2D eigenvalue weighted by atomic mass is 9.83. The number of fused-ring (bicyclic) bond motifs is 2. The number of ether oxygens (including phenoxy) is 2. The zero-order chi connectivity index (χ0) is 22.0. The van der Waals surface area contributed by atoms with E-state index in [9.17, 15) is 18.0 Å². The molecular formula is C24H24F3NO3. The summed E-state index contributed by atoms with van der Waals surface area (Å²) in [5.74, 6) is 0.167. The van der Waals surface area contributed by atoms with E-state index in [2.05, 4.69) is 0 Å². The van der Waals surface area contributed by atoms with E-state index in [4.69, 9.17) is 9.47 Å². The van der Waals surface area contributed by atoms with Gasteiger partial charge in [-0.15, -0.1) is 0 Å². The summed E-state index contributed by atoms with van der Waals surface area (Å²) in [6.45, 7) is 0.191. The number of rotatable bonds is 4. The highest BCUT2D eigenvalue weighted by atomic mass is 19.4. The molecule has 2 aromatic rings. The maximum Gasteiger partial charge on any atom is 0.416 e. The Kier molecular flexibility index (Phi) is 5.94. The standard InChI is InChI=1S/C24H24F3NO3/c1-30-22-13-17(10-19(14-22)24(25,26)27)18-11-20-8-5-9-21(12-18)28(20)23(29)31-15-16-6-3-2-4-7-16/h2-4,6-7,10-11,13-14,20-21H,5,8-9,12,15H2,1H3. The molecule has 2 aromatic carbocycles. The Labute approximate surface area is 179 Å². The predicted molar refractivity (Wildman–Crippen MR) is 110 cm³/mol. The molecule has 4 rings (SSSR count). The minimum Gasteiger partial charge on any atom is -0.497 e. The van der Waals surface area contributed by atoms with Crippen molar-refractivity contribution >= 4 is 11.7 Å². The summed E-state index contributed by atoms with van der Waals surface area (Å²) in [5.41, 5.74) is 1.47. The first-order valence-electron chi connectivity index (χ1n) is 10.3. The fourth-order valence-electron chi connectivity index (χ4n) is 4.39. The van der Waals surface area contributed by atoms with Crippen molar-refractivity contribution in [1.82, 2.24) is 4.90 Å². The number of hydrogen-bond donors (Lipinski definition) is 0. The third kappa shape index (κ3) is 4.70. The molecule has 7 heteroatoms. The molecule has 1 saturated heterocycles. The highest BCUT2D eigenvalue weighted by molar-refractivity contribution is 5.75. The van der Waals surface area contributed by atoms with Crippen LogP contribution in [0.1, 0.15) is 42.4 Å². The minimum atomic E-state index is -4.46. The summed E-state index contributed by atoms with van der Waals surface area (Å²) in [5, 5.41) is 0. The maximum atomic E-state index is 13.3. The molecule has 2 bridgehead atoms. The summed E-state index contributed by atoms with van der Waals surface area (Å²) < 4.78 is 50.6. The van der Waals surface area contributed by atoms with Gasteiger partial charge in [0.2, 0.25) is 0 Å². The topological polar surface area (TPSA) is 38.8 Å². The van der Waals surface area contributed by atoms with Gasteiger partial charge in [-0.05, 0) is 60.6 Å². The van der Waals surface area contributed by atoms with Crippen molar-refractivity contribution in [2.75, 3.05) is 7.11 Å². The number of hydrogen-bond acceptors (Lipinski definition) is 3.